The van der Waals surface area contributed by atoms with Gasteiger partial charge < -0.3 is 24.8 Å². The summed E-state index contributed by atoms with van der Waals surface area (Å²) in [5.74, 6) is 0.177. The molecule has 1 saturated heterocycles. The number of nitrogens with one attached hydrogen (secondary N) is 2. The molecule has 1 fully saturated rings. The second-order valence-corrected chi connectivity index (χ2v) is 9.39. The molecular weight excluding hydrogens is 517 g/mol. The number of amides is 2. The molecule has 2 amide bonds. The Morgan fingerprint density at radius 1 is 1.00 bits per heavy atom. The molecule has 10 heteroatoms. The quantitative estimate of drug-likeness (QED) is 0.260. The summed E-state index contributed by atoms with van der Waals surface area (Å²) < 4.78 is 30.5. The van der Waals surface area contributed by atoms with E-state index < -0.39 is 24.5 Å². The van der Waals surface area contributed by atoms with Gasteiger partial charge in [-0.1, -0.05) is 24.3 Å². The molecule has 3 aromatic rings. The number of likely N-dealkylation sites (tertiary alicyclic amines) is 1. The Labute approximate surface area is 232 Å². The number of hydrogen-bond donors (Lipinski definition) is 2. The van der Waals surface area contributed by atoms with Crippen LogP contribution in [0.2, 0.25) is 0 Å². The van der Waals surface area contributed by atoms with E-state index in [0.717, 1.165) is 11.1 Å². The topological polar surface area (TPSA) is 106 Å². The predicted molar refractivity (Wildman–Crippen MR) is 149 cm³/mol. The van der Waals surface area contributed by atoms with Crippen LogP contribution in [0.1, 0.15) is 34.3 Å². The Hall–Kier alpha value is -4.44. The second kappa shape index (κ2) is 13.1. The summed E-state index contributed by atoms with van der Waals surface area (Å²) in [6, 6.07) is 17.4. The maximum absolute atomic E-state index is 15.1. The molecule has 1 aliphatic rings. The molecular formula is C30H32FN3O6. The first kappa shape index (κ1) is 28.6. The van der Waals surface area contributed by atoms with Crippen molar-refractivity contribution >= 4 is 29.2 Å². The highest BCUT2D eigenvalue weighted by atomic mass is 19.1. The fourth-order valence-electron chi connectivity index (χ4n) is 4.66. The van der Waals surface area contributed by atoms with Gasteiger partial charge in [0, 0.05) is 18.7 Å². The summed E-state index contributed by atoms with van der Waals surface area (Å²) in [6.07, 6.45) is 1.33. The summed E-state index contributed by atoms with van der Waals surface area (Å²) in [7, 11) is 2.81. The van der Waals surface area contributed by atoms with Crippen molar-refractivity contribution in [3.63, 3.8) is 0 Å². The molecule has 0 spiro atoms. The fourth-order valence-corrected chi connectivity index (χ4v) is 4.66. The van der Waals surface area contributed by atoms with Crippen molar-refractivity contribution in [2.75, 3.05) is 31.4 Å². The molecule has 2 N–H and O–H groups in total. The minimum absolute atomic E-state index is 0.112. The number of alkyl halides is 1. The summed E-state index contributed by atoms with van der Waals surface area (Å²) in [5.41, 5.74) is 3.01. The first-order valence-corrected chi connectivity index (χ1v) is 12.9. The van der Waals surface area contributed by atoms with Crippen LogP contribution in [-0.2, 0) is 16.0 Å². The van der Waals surface area contributed by atoms with Gasteiger partial charge in [-0.2, -0.15) is 4.39 Å². The number of halogens is 1. The molecule has 0 unspecified atom stereocenters. The lowest BCUT2D eigenvalue weighted by atomic mass is 10.00. The number of aryl methyl sites for hydroxylation is 1. The van der Waals surface area contributed by atoms with Crippen molar-refractivity contribution in [3.8, 4) is 11.5 Å². The Balaban J connectivity index is 1.34. The molecule has 4 rings (SSSR count). The molecule has 9 nitrogen and oxygen atoms in total. The second-order valence-electron chi connectivity index (χ2n) is 9.39. The third kappa shape index (κ3) is 6.95. The molecule has 0 bridgehead atoms. The highest BCUT2D eigenvalue weighted by Gasteiger charge is 2.36. The van der Waals surface area contributed by atoms with Crippen LogP contribution >= 0.6 is 0 Å². The zero-order valence-electron chi connectivity index (χ0n) is 22.6. The van der Waals surface area contributed by atoms with E-state index in [-0.39, 0.29) is 18.0 Å². The Bertz CT molecular complexity index is 1360. The number of hydrogen-bond acceptors (Lipinski definition) is 7. The molecule has 1 heterocycles. The summed E-state index contributed by atoms with van der Waals surface area (Å²) >= 11 is 0. The molecule has 1 aliphatic heterocycles. The normalized spacial score (nSPS) is 15.7. The lowest BCUT2D eigenvalue weighted by Gasteiger charge is -2.27. The van der Waals surface area contributed by atoms with Gasteiger partial charge in [0.05, 0.1) is 31.5 Å². The van der Waals surface area contributed by atoms with Crippen LogP contribution in [0, 0.1) is 6.92 Å². The smallest absolute Gasteiger partial charge is 0.337 e. The fraction of sp³-hybridized carbons (Fsp3) is 0.300. The highest BCUT2D eigenvalue weighted by Crippen LogP contribution is 2.27. The maximum Gasteiger partial charge on any atom is 0.337 e. The van der Waals surface area contributed by atoms with Crippen molar-refractivity contribution in [3.05, 3.63) is 83.4 Å². The van der Waals surface area contributed by atoms with Gasteiger partial charge in [0.2, 0.25) is 0 Å². The van der Waals surface area contributed by atoms with Gasteiger partial charge in [-0.05, 0) is 73.4 Å². The standard InChI is InChI=1S/C30H32FN3O6/c1-19-17-20(10-15-23(19)32-30(37)33-24-7-4-5-9-27(24)38-2)18-26(35)25-8-6-16-34(25)29(31)40-22-13-11-21(12-14-22)28(36)39-3/h4-5,7,9-15,17,25,29H,6,8,16,18H2,1-3H3,(H2,32,33,37)/t25-,29-/m0/s1. The van der Waals surface area contributed by atoms with E-state index in [1.165, 1.54) is 43.4 Å². The van der Waals surface area contributed by atoms with E-state index in [4.69, 9.17) is 9.47 Å². The van der Waals surface area contributed by atoms with Crippen LogP contribution in [-0.4, -0.2) is 56.0 Å². The molecule has 0 saturated carbocycles. The first-order chi connectivity index (χ1) is 19.3. The van der Waals surface area contributed by atoms with Crippen LogP contribution < -0.4 is 20.1 Å². The van der Waals surface area contributed by atoms with Gasteiger partial charge >= 0.3 is 12.0 Å². The third-order valence-corrected chi connectivity index (χ3v) is 6.71. The average molecular weight is 550 g/mol. The maximum atomic E-state index is 15.1. The summed E-state index contributed by atoms with van der Waals surface area (Å²) in [6.45, 7) is 0.419. The minimum atomic E-state index is -1.81. The first-order valence-electron chi connectivity index (χ1n) is 12.9. The van der Waals surface area contributed by atoms with E-state index in [2.05, 4.69) is 15.4 Å². The van der Waals surface area contributed by atoms with E-state index in [1.54, 1.807) is 30.3 Å². The third-order valence-electron chi connectivity index (χ3n) is 6.71. The van der Waals surface area contributed by atoms with Crippen LogP contribution in [0.5, 0.6) is 11.5 Å². The Morgan fingerprint density at radius 2 is 1.73 bits per heavy atom. The van der Waals surface area contributed by atoms with Crippen LogP contribution in [0.15, 0.2) is 66.7 Å². The monoisotopic (exact) mass is 549 g/mol. The van der Waals surface area contributed by atoms with Crippen molar-refractivity contribution in [2.24, 2.45) is 0 Å². The number of ketones is 1. The lowest BCUT2D eigenvalue weighted by Crippen LogP contribution is -2.44. The SMILES string of the molecule is COC(=O)c1ccc(O[C@@H](F)N2CCC[C@H]2C(=O)Cc2ccc(NC(=O)Nc3ccccc3OC)c(C)c2)cc1. The van der Waals surface area contributed by atoms with Crippen LogP contribution in [0.3, 0.4) is 0 Å². The number of urea groups is 1. The van der Waals surface area contributed by atoms with Gasteiger partial charge in [-0.3, -0.25) is 4.79 Å². The largest absolute Gasteiger partial charge is 0.495 e. The number of para-hydroxylation sites is 2. The van der Waals surface area contributed by atoms with Crippen molar-refractivity contribution in [2.45, 2.75) is 38.7 Å². The molecule has 40 heavy (non-hydrogen) atoms. The number of benzene rings is 3. The molecule has 2 atom stereocenters. The molecule has 0 radical (unpaired) electrons. The zero-order valence-corrected chi connectivity index (χ0v) is 22.6. The summed E-state index contributed by atoms with van der Waals surface area (Å²) in [5, 5.41) is 5.57. The number of ether oxygens (including phenoxy) is 3. The molecule has 210 valence electrons. The predicted octanol–water partition coefficient (Wildman–Crippen LogP) is 5.34. The lowest BCUT2D eigenvalue weighted by molar-refractivity contribution is -0.133. The van der Waals surface area contributed by atoms with Gasteiger partial charge in [0.15, 0.2) is 5.78 Å². The zero-order chi connectivity index (χ0) is 28.6. The van der Waals surface area contributed by atoms with E-state index >= 15 is 4.39 Å². The van der Waals surface area contributed by atoms with Gasteiger partial charge in [-0.15, -0.1) is 0 Å². The number of nitrogens with zero attached hydrogens (tertiary/aromatic N) is 1. The van der Waals surface area contributed by atoms with Gasteiger partial charge in [0.25, 0.3) is 6.48 Å². The van der Waals surface area contributed by atoms with E-state index in [1.807, 2.05) is 19.1 Å². The van der Waals surface area contributed by atoms with E-state index in [9.17, 15) is 14.4 Å². The molecule has 3 aromatic carbocycles. The molecule has 0 aromatic heterocycles. The van der Waals surface area contributed by atoms with Crippen molar-refractivity contribution in [1.82, 2.24) is 4.90 Å². The van der Waals surface area contributed by atoms with Crippen molar-refractivity contribution in [1.29, 1.82) is 0 Å². The van der Waals surface area contributed by atoms with Crippen molar-refractivity contribution < 1.29 is 33.0 Å². The number of anilines is 2. The average Bonchev–Trinajstić information content (AvgIpc) is 3.45. The van der Waals surface area contributed by atoms with Gasteiger partial charge in [-0.25, -0.2) is 14.5 Å². The van der Waals surface area contributed by atoms with Crippen LogP contribution in [0.25, 0.3) is 0 Å². The number of Topliss-reactive ketones (excluding diaryl/α,β-unsaturated/α-hetero) is 1. The number of esters is 1. The Morgan fingerprint density at radius 3 is 2.42 bits per heavy atom. The molecule has 0 aliphatic carbocycles. The minimum Gasteiger partial charge on any atom is -0.495 e. The van der Waals surface area contributed by atoms with Crippen LogP contribution in [0.4, 0.5) is 20.6 Å². The van der Waals surface area contributed by atoms with E-state index in [0.29, 0.717) is 42.1 Å². The number of carbonyl (C=O) groups excluding carboxylic acids is 3. The Kier molecular flexibility index (Phi) is 9.34. The number of rotatable bonds is 10. The number of carbonyl (C=O) groups is 3. The summed E-state index contributed by atoms with van der Waals surface area (Å²) in [4.78, 5) is 38.7. The number of methoxy groups -OCH3 is 2. The highest BCUT2D eigenvalue weighted by molar-refractivity contribution is 6.01. The van der Waals surface area contributed by atoms with Gasteiger partial charge in [0.1, 0.15) is 11.5 Å².